The van der Waals surface area contributed by atoms with Crippen LogP contribution in [0.4, 0.5) is 5.69 Å². The Morgan fingerprint density at radius 1 is 1.00 bits per heavy atom. The number of primary amides is 1. The van der Waals surface area contributed by atoms with Crippen LogP contribution in [0, 0.1) is 0 Å². The zero-order chi connectivity index (χ0) is 17.9. The van der Waals surface area contributed by atoms with Crippen molar-refractivity contribution in [1.29, 1.82) is 0 Å². The first-order valence-electron chi connectivity index (χ1n) is 8.16. The van der Waals surface area contributed by atoms with E-state index in [1.807, 2.05) is 54.6 Å². The number of hydrogen-bond donors (Lipinski definition) is 2. The number of fused-ring (bicyclic) bond motifs is 1. The Morgan fingerprint density at radius 3 is 2.62 bits per heavy atom. The molecule has 1 atom stereocenters. The van der Waals surface area contributed by atoms with E-state index in [1.54, 1.807) is 12.4 Å². The molecule has 0 spiro atoms. The third kappa shape index (κ3) is 3.17. The second-order valence-corrected chi connectivity index (χ2v) is 5.92. The van der Waals surface area contributed by atoms with E-state index in [0.717, 1.165) is 22.4 Å². The number of nitrogens with zero attached hydrogens (tertiary/aromatic N) is 1. The standard InChI is InChI=1S/C20H17N3O3/c21-20(24)19(13-4-2-1-3-5-13)23-16-8-15(10-22-11-16)14-6-7-17-18(9-14)26-12-25-17/h1-11,19,23H,12H2,(H2,21,24). The summed E-state index contributed by atoms with van der Waals surface area (Å²) in [7, 11) is 0. The van der Waals surface area contributed by atoms with Gasteiger partial charge in [0.05, 0.1) is 11.9 Å². The van der Waals surface area contributed by atoms with Crippen molar-refractivity contribution < 1.29 is 14.3 Å². The lowest BCUT2D eigenvalue weighted by Crippen LogP contribution is -2.27. The predicted octanol–water partition coefficient (Wildman–Crippen LogP) is 3.12. The molecule has 1 amide bonds. The summed E-state index contributed by atoms with van der Waals surface area (Å²) in [4.78, 5) is 16.2. The van der Waals surface area contributed by atoms with E-state index < -0.39 is 11.9 Å². The lowest BCUT2D eigenvalue weighted by molar-refractivity contribution is -0.118. The van der Waals surface area contributed by atoms with Crippen LogP contribution in [-0.4, -0.2) is 17.7 Å². The number of ether oxygens (including phenoxy) is 2. The van der Waals surface area contributed by atoms with Crippen LogP contribution >= 0.6 is 0 Å². The van der Waals surface area contributed by atoms with Gasteiger partial charge in [0.25, 0.3) is 0 Å². The van der Waals surface area contributed by atoms with Gasteiger partial charge in [-0.05, 0) is 29.3 Å². The van der Waals surface area contributed by atoms with Gasteiger partial charge in [-0.25, -0.2) is 0 Å². The first kappa shape index (κ1) is 16.0. The highest BCUT2D eigenvalue weighted by atomic mass is 16.7. The van der Waals surface area contributed by atoms with Crippen molar-refractivity contribution in [1.82, 2.24) is 4.98 Å². The first-order valence-corrected chi connectivity index (χ1v) is 8.16. The maximum Gasteiger partial charge on any atom is 0.244 e. The van der Waals surface area contributed by atoms with Crippen LogP contribution in [0.25, 0.3) is 11.1 Å². The molecule has 0 radical (unpaired) electrons. The lowest BCUT2D eigenvalue weighted by atomic mass is 10.0. The number of anilines is 1. The largest absolute Gasteiger partial charge is 0.454 e. The summed E-state index contributed by atoms with van der Waals surface area (Å²) >= 11 is 0. The summed E-state index contributed by atoms with van der Waals surface area (Å²) in [6.45, 7) is 0.232. The highest BCUT2D eigenvalue weighted by Crippen LogP contribution is 2.36. The van der Waals surface area contributed by atoms with Crippen molar-refractivity contribution in [3.05, 3.63) is 72.6 Å². The molecule has 6 nitrogen and oxygen atoms in total. The Labute approximate surface area is 150 Å². The summed E-state index contributed by atoms with van der Waals surface area (Å²) in [5.41, 5.74) is 8.91. The Bertz CT molecular complexity index is 944. The normalized spacial score (nSPS) is 13.2. The number of carbonyl (C=O) groups is 1. The average molecular weight is 347 g/mol. The summed E-state index contributed by atoms with van der Waals surface area (Å²) < 4.78 is 10.8. The van der Waals surface area contributed by atoms with Gasteiger partial charge in [-0.2, -0.15) is 0 Å². The van der Waals surface area contributed by atoms with Crippen LogP contribution in [0.5, 0.6) is 11.5 Å². The van der Waals surface area contributed by atoms with Crippen LogP contribution in [0.15, 0.2) is 67.0 Å². The van der Waals surface area contributed by atoms with Crippen molar-refractivity contribution in [3.8, 4) is 22.6 Å². The molecule has 0 aliphatic carbocycles. The second kappa shape index (κ2) is 6.76. The molecule has 2 aromatic carbocycles. The van der Waals surface area contributed by atoms with Gasteiger partial charge in [0.15, 0.2) is 11.5 Å². The molecule has 0 fully saturated rings. The van der Waals surface area contributed by atoms with E-state index in [1.165, 1.54) is 0 Å². The quantitative estimate of drug-likeness (QED) is 0.740. The molecule has 2 heterocycles. The topological polar surface area (TPSA) is 86.5 Å². The van der Waals surface area contributed by atoms with Crippen LogP contribution in [0.1, 0.15) is 11.6 Å². The fraction of sp³-hybridized carbons (Fsp3) is 0.100. The zero-order valence-corrected chi connectivity index (χ0v) is 13.9. The minimum Gasteiger partial charge on any atom is -0.454 e. The van der Waals surface area contributed by atoms with E-state index in [4.69, 9.17) is 15.2 Å². The van der Waals surface area contributed by atoms with Gasteiger partial charge >= 0.3 is 0 Å². The van der Waals surface area contributed by atoms with Crippen LogP contribution in [-0.2, 0) is 4.79 Å². The monoisotopic (exact) mass is 347 g/mol. The molecule has 6 heteroatoms. The minimum absolute atomic E-state index is 0.232. The van der Waals surface area contributed by atoms with Gasteiger partial charge < -0.3 is 20.5 Å². The molecule has 0 bridgehead atoms. The summed E-state index contributed by atoms with van der Waals surface area (Å²) in [6.07, 6.45) is 3.42. The van der Waals surface area contributed by atoms with E-state index >= 15 is 0 Å². The molecule has 1 unspecified atom stereocenters. The van der Waals surface area contributed by atoms with Crippen molar-refractivity contribution >= 4 is 11.6 Å². The van der Waals surface area contributed by atoms with Gasteiger partial charge in [-0.1, -0.05) is 36.4 Å². The van der Waals surface area contributed by atoms with Crippen LogP contribution in [0.2, 0.25) is 0 Å². The third-order valence-corrected chi connectivity index (χ3v) is 4.17. The van der Waals surface area contributed by atoms with Gasteiger partial charge in [0.2, 0.25) is 12.7 Å². The number of rotatable bonds is 5. The van der Waals surface area contributed by atoms with Crippen LogP contribution in [0.3, 0.4) is 0 Å². The summed E-state index contributed by atoms with van der Waals surface area (Å²) in [5.74, 6) is 0.985. The number of pyridine rings is 1. The number of amides is 1. The Hall–Kier alpha value is -3.54. The Morgan fingerprint density at radius 2 is 1.81 bits per heavy atom. The Kier molecular flexibility index (Phi) is 4.15. The molecule has 3 N–H and O–H groups in total. The van der Waals surface area contributed by atoms with Gasteiger partial charge in [0.1, 0.15) is 6.04 Å². The molecule has 1 aromatic heterocycles. The van der Waals surface area contributed by atoms with Gasteiger partial charge in [-0.15, -0.1) is 0 Å². The number of aromatic nitrogens is 1. The maximum atomic E-state index is 11.9. The number of nitrogens with two attached hydrogens (primary N) is 1. The van der Waals surface area contributed by atoms with E-state index in [2.05, 4.69) is 10.3 Å². The van der Waals surface area contributed by atoms with Crippen molar-refractivity contribution in [2.75, 3.05) is 12.1 Å². The fourth-order valence-electron chi connectivity index (χ4n) is 2.88. The van der Waals surface area contributed by atoms with Crippen molar-refractivity contribution in [2.24, 2.45) is 5.73 Å². The molecule has 26 heavy (non-hydrogen) atoms. The first-order chi connectivity index (χ1) is 12.7. The highest BCUT2D eigenvalue weighted by molar-refractivity contribution is 5.84. The Balaban J connectivity index is 1.62. The second-order valence-electron chi connectivity index (χ2n) is 5.92. The maximum absolute atomic E-state index is 11.9. The van der Waals surface area contributed by atoms with E-state index in [9.17, 15) is 4.79 Å². The molecule has 1 aliphatic rings. The van der Waals surface area contributed by atoms with E-state index in [0.29, 0.717) is 11.4 Å². The average Bonchev–Trinajstić information content (AvgIpc) is 3.14. The molecule has 0 saturated heterocycles. The third-order valence-electron chi connectivity index (χ3n) is 4.17. The molecular formula is C20H17N3O3. The molecular weight excluding hydrogens is 330 g/mol. The van der Waals surface area contributed by atoms with Crippen LogP contribution < -0.4 is 20.5 Å². The zero-order valence-electron chi connectivity index (χ0n) is 13.9. The molecule has 1 aliphatic heterocycles. The number of benzene rings is 2. The summed E-state index contributed by atoms with van der Waals surface area (Å²) in [6, 6.07) is 16.4. The fourth-order valence-corrected chi connectivity index (χ4v) is 2.88. The summed E-state index contributed by atoms with van der Waals surface area (Å²) in [5, 5.41) is 3.16. The smallest absolute Gasteiger partial charge is 0.244 e. The molecule has 4 rings (SSSR count). The van der Waals surface area contributed by atoms with Gasteiger partial charge in [-0.3, -0.25) is 9.78 Å². The minimum atomic E-state index is -0.634. The number of carbonyl (C=O) groups excluding carboxylic acids is 1. The van der Waals surface area contributed by atoms with Crippen molar-refractivity contribution in [2.45, 2.75) is 6.04 Å². The molecule has 3 aromatic rings. The number of hydrogen-bond acceptors (Lipinski definition) is 5. The SMILES string of the molecule is NC(=O)C(Nc1cncc(-c2ccc3c(c2)OCO3)c1)c1ccccc1. The van der Waals surface area contributed by atoms with Crippen molar-refractivity contribution in [3.63, 3.8) is 0 Å². The highest BCUT2D eigenvalue weighted by Gasteiger charge is 2.18. The molecule has 130 valence electrons. The number of nitrogens with one attached hydrogen (secondary N) is 1. The molecule has 0 saturated carbocycles. The lowest BCUT2D eigenvalue weighted by Gasteiger charge is -2.17. The van der Waals surface area contributed by atoms with Gasteiger partial charge in [0, 0.05) is 11.8 Å². The van der Waals surface area contributed by atoms with E-state index in [-0.39, 0.29) is 6.79 Å². The predicted molar refractivity (Wildman–Crippen MR) is 97.8 cm³/mol.